The molecule has 0 radical (unpaired) electrons. The molecule has 0 atom stereocenters. The number of benzene rings is 2. The number of hydrogen-bond acceptors (Lipinski definition) is 2. The molecule has 1 heterocycles. The fraction of sp³-hybridized carbons (Fsp3) is 0.0526. The van der Waals surface area contributed by atoms with Gasteiger partial charge in [0.25, 0.3) is 0 Å². The Morgan fingerprint density at radius 2 is 2.00 bits per heavy atom. The van der Waals surface area contributed by atoms with E-state index in [-0.39, 0.29) is 11.7 Å². The molecule has 0 saturated carbocycles. The van der Waals surface area contributed by atoms with E-state index in [0.29, 0.717) is 17.9 Å². The Balaban J connectivity index is 1.68. The average Bonchev–Trinajstić information content (AvgIpc) is 3.03. The number of hydrogen-bond donors (Lipinski definition) is 1. The van der Waals surface area contributed by atoms with Crippen molar-refractivity contribution in [3.8, 4) is 0 Å². The van der Waals surface area contributed by atoms with E-state index in [1.54, 1.807) is 29.1 Å². The summed E-state index contributed by atoms with van der Waals surface area (Å²) in [4.78, 5) is 12.1. The molecule has 0 aliphatic carbocycles. The lowest BCUT2D eigenvalue weighted by Gasteiger charge is -2.07. The van der Waals surface area contributed by atoms with Crippen LogP contribution in [0.5, 0.6) is 0 Å². The summed E-state index contributed by atoms with van der Waals surface area (Å²) in [5.74, 6) is -0.163. The van der Waals surface area contributed by atoms with Gasteiger partial charge < -0.3 is 5.32 Å². The van der Waals surface area contributed by atoms with E-state index in [2.05, 4.69) is 26.3 Å². The summed E-state index contributed by atoms with van der Waals surface area (Å²) >= 11 is 3.28. The summed E-state index contributed by atoms with van der Waals surface area (Å²) in [6.07, 6.45) is 4.36. The lowest BCUT2D eigenvalue weighted by atomic mass is 10.2. The van der Waals surface area contributed by atoms with Gasteiger partial charge in [0.1, 0.15) is 11.6 Å². The molecule has 0 fully saturated rings. The van der Waals surface area contributed by atoms with Gasteiger partial charge in [0.2, 0.25) is 5.91 Å². The first-order valence-corrected chi connectivity index (χ1v) is 8.41. The SMILES string of the molecule is O=C(C=Cc1cc(Br)ccc1F)Nc1ccnn1Cc1ccccc1. The van der Waals surface area contributed by atoms with E-state index < -0.39 is 0 Å². The first-order chi connectivity index (χ1) is 12.1. The van der Waals surface area contributed by atoms with Crippen molar-refractivity contribution in [2.24, 2.45) is 0 Å². The molecule has 1 amide bonds. The Bertz CT molecular complexity index is 906. The molecule has 126 valence electrons. The van der Waals surface area contributed by atoms with Gasteiger partial charge in [-0.15, -0.1) is 0 Å². The monoisotopic (exact) mass is 399 g/mol. The molecule has 3 rings (SSSR count). The molecule has 0 bridgehead atoms. The molecular formula is C19H15BrFN3O. The number of aromatic nitrogens is 2. The molecule has 2 aromatic carbocycles. The number of carbonyl (C=O) groups is 1. The minimum absolute atomic E-state index is 0.335. The molecule has 4 nitrogen and oxygen atoms in total. The van der Waals surface area contributed by atoms with Crippen molar-refractivity contribution in [3.05, 3.63) is 88.3 Å². The van der Waals surface area contributed by atoms with E-state index in [0.717, 1.165) is 10.0 Å². The Kier molecular flexibility index (Phi) is 5.40. The zero-order chi connectivity index (χ0) is 17.6. The number of amides is 1. The van der Waals surface area contributed by atoms with Crippen molar-refractivity contribution < 1.29 is 9.18 Å². The van der Waals surface area contributed by atoms with Gasteiger partial charge in [-0.05, 0) is 29.8 Å². The maximum atomic E-state index is 13.7. The number of rotatable bonds is 5. The second-order valence-electron chi connectivity index (χ2n) is 5.35. The summed E-state index contributed by atoms with van der Waals surface area (Å²) in [5.41, 5.74) is 1.41. The molecule has 25 heavy (non-hydrogen) atoms. The molecule has 6 heteroatoms. The third-order valence-electron chi connectivity index (χ3n) is 3.52. The Morgan fingerprint density at radius 3 is 2.80 bits per heavy atom. The quantitative estimate of drug-likeness (QED) is 0.642. The molecule has 1 N–H and O–H groups in total. The normalized spacial score (nSPS) is 11.0. The number of nitrogens with zero attached hydrogens (tertiary/aromatic N) is 2. The zero-order valence-electron chi connectivity index (χ0n) is 13.2. The van der Waals surface area contributed by atoms with Crippen LogP contribution in [-0.4, -0.2) is 15.7 Å². The van der Waals surface area contributed by atoms with Crippen LogP contribution in [0.3, 0.4) is 0 Å². The maximum Gasteiger partial charge on any atom is 0.249 e. The summed E-state index contributed by atoms with van der Waals surface area (Å²) in [6.45, 7) is 0.549. The molecular weight excluding hydrogens is 385 g/mol. The van der Waals surface area contributed by atoms with Crippen LogP contribution in [-0.2, 0) is 11.3 Å². The second-order valence-corrected chi connectivity index (χ2v) is 6.26. The molecule has 0 unspecified atom stereocenters. The van der Waals surface area contributed by atoms with E-state index in [9.17, 15) is 9.18 Å². The fourth-order valence-electron chi connectivity index (χ4n) is 2.30. The van der Waals surface area contributed by atoms with Gasteiger partial charge in [-0.3, -0.25) is 4.79 Å². The van der Waals surface area contributed by atoms with Gasteiger partial charge in [0.05, 0.1) is 12.7 Å². The lowest BCUT2D eigenvalue weighted by Crippen LogP contribution is -2.13. The highest BCUT2D eigenvalue weighted by molar-refractivity contribution is 9.10. The van der Waals surface area contributed by atoms with Crippen LogP contribution >= 0.6 is 15.9 Å². The standard InChI is InChI=1S/C19H15BrFN3O/c20-16-7-8-17(21)15(12-16)6-9-19(25)23-18-10-11-22-24(18)13-14-4-2-1-3-5-14/h1-12H,13H2,(H,23,25). The third-order valence-corrected chi connectivity index (χ3v) is 4.01. The number of nitrogens with one attached hydrogen (secondary N) is 1. The Morgan fingerprint density at radius 1 is 1.20 bits per heavy atom. The van der Waals surface area contributed by atoms with Crippen molar-refractivity contribution in [1.29, 1.82) is 0 Å². The highest BCUT2D eigenvalue weighted by Gasteiger charge is 2.06. The van der Waals surface area contributed by atoms with E-state index in [4.69, 9.17) is 0 Å². The molecule has 0 aliphatic rings. The maximum absolute atomic E-state index is 13.7. The van der Waals surface area contributed by atoms with E-state index in [1.807, 2.05) is 30.3 Å². The minimum atomic E-state index is -0.388. The number of carbonyl (C=O) groups excluding carboxylic acids is 1. The van der Waals surface area contributed by atoms with Crippen LogP contribution < -0.4 is 5.32 Å². The highest BCUT2D eigenvalue weighted by Crippen LogP contribution is 2.17. The summed E-state index contributed by atoms with van der Waals surface area (Å²) < 4.78 is 16.1. The predicted molar refractivity (Wildman–Crippen MR) is 99.5 cm³/mol. The van der Waals surface area contributed by atoms with Gasteiger partial charge in [0, 0.05) is 22.2 Å². The van der Waals surface area contributed by atoms with Crippen LogP contribution in [0.25, 0.3) is 6.08 Å². The molecule has 0 spiro atoms. The molecule has 0 saturated heterocycles. The molecule has 3 aromatic rings. The summed E-state index contributed by atoms with van der Waals surface area (Å²) in [6, 6.07) is 16.1. The zero-order valence-corrected chi connectivity index (χ0v) is 14.8. The smallest absolute Gasteiger partial charge is 0.249 e. The first kappa shape index (κ1) is 17.1. The highest BCUT2D eigenvalue weighted by atomic mass is 79.9. The van der Waals surface area contributed by atoms with Crippen molar-refractivity contribution in [1.82, 2.24) is 9.78 Å². The third kappa shape index (κ3) is 4.64. The fourth-order valence-corrected chi connectivity index (χ4v) is 2.68. The van der Waals surface area contributed by atoms with Gasteiger partial charge >= 0.3 is 0 Å². The molecule has 0 aliphatic heterocycles. The lowest BCUT2D eigenvalue weighted by molar-refractivity contribution is -0.111. The van der Waals surface area contributed by atoms with Crippen LogP contribution in [0.4, 0.5) is 10.2 Å². The van der Waals surface area contributed by atoms with Crippen molar-refractivity contribution >= 4 is 33.7 Å². The summed E-state index contributed by atoms with van der Waals surface area (Å²) in [7, 11) is 0. The number of anilines is 1. The first-order valence-electron chi connectivity index (χ1n) is 7.62. The largest absolute Gasteiger partial charge is 0.307 e. The predicted octanol–water partition coefficient (Wildman–Crippen LogP) is 4.48. The molecule has 1 aromatic heterocycles. The second kappa shape index (κ2) is 7.90. The van der Waals surface area contributed by atoms with Crippen molar-refractivity contribution in [2.45, 2.75) is 6.54 Å². The van der Waals surface area contributed by atoms with Crippen LogP contribution in [0.15, 0.2) is 71.3 Å². The Labute approximate surface area is 153 Å². The number of halogens is 2. The topological polar surface area (TPSA) is 46.9 Å². The van der Waals surface area contributed by atoms with Crippen molar-refractivity contribution in [3.63, 3.8) is 0 Å². The van der Waals surface area contributed by atoms with Gasteiger partial charge in [-0.2, -0.15) is 5.10 Å². The van der Waals surface area contributed by atoms with Crippen LogP contribution in [0, 0.1) is 5.82 Å². The summed E-state index contributed by atoms with van der Waals surface area (Å²) in [5, 5.41) is 6.98. The Hall–Kier alpha value is -2.73. The van der Waals surface area contributed by atoms with Crippen LogP contribution in [0.1, 0.15) is 11.1 Å². The van der Waals surface area contributed by atoms with Crippen LogP contribution in [0.2, 0.25) is 0 Å². The average molecular weight is 400 g/mol. The van der Waals surface area contributed by atoms with Crippen molar-refractivity contribution in [2.75, 3.05) is 5.32 Å². The minimum Gasteiger partial charge on any atom is -0.307 e. The van der Waals surface area contributed by atoms with E-state index in [1.165, 1.54) is 18.2 Å². The van der Waals surface area contributed by atoms with Gasteiger partial charge in [-0.1, -0.05) is 46.3 Å². The van der Waals surface area contributed by atoms with Gasteiger partial charge in [-0.25, -0.2) is 9.07 Å². The van der Waals surface area contributed by atoms with Gasteiger partial charge in [0.15, 0.2) is 0 Å². The van der Waals surface area contributed by atoms with E-state index >= 15 is 0 Å².